The molecule has 54 heavy (non-hydrogen) atoms. The molecule has 288 valence electrons. The van der Waals surface area contributed by atoms with Gasteiger partial charge in [0.25, 0.3) is 5.91 Å². The van der Waals surface area contributed by atoms with Gasteiger partial charge in [-0.25, -0.2) is 17.6 Å². The van der Waals surface area contributed by atoms with E-state index in [0.717, 1.165) is 30.2 Å². The Morgan fingerprint density at radius 3 is 2.22 bits per heavy atom. The SMILES string of the molecule is CNC(=O)c1c(-c2ccc(F)cc2)oc2cc(N(CCOCCOCCOCCCc3cccc(C(=O)CC(=O)C(=O)O)c3)S(C)(=O)=O)c(C3CC3)cc12. The van der Waals surface area contributed by atoms with Crippen molar-refractivity contribution in [2.24, 2.45) is 0 Å². The van der Waals surface area contributed by atoms with Crippen molar-refractivity contribution >= 4 is 50.1 Å². The summed E-state index contributed by atoms with van der Waals surface area (Å²) in [6, 6.07) is 15.8. The number of carboxylic acid groups (broad SMARTS) is 1. The number of aliphatic carboxylic acids is 1. The van der Waals surface area contributed by atoms with E-state index in [2.05, 4.69) is 5.32 Å². The number of fused-ring (bicyclic) bond motifs is 1. The van der Waals surface area contributed by atoms with Crippen LogP contribution in [0.2, 0.25) is 0 Å². The zero-order valence-corrected chi connectivity index (χ0v) is 30.9. The highest BCUT2D eigenvalue weighted by Gasteiger charge is 2.33. The summed E-state index contributed by atoms with van der Waals surface area (Å²) < 4.78 is 64.3. The number of nitrogens with zero attached hydrogens (tertiary/aromatic N) is 1. The van der Waals surface area contributed by atoms with Gasteiger partial charge in [-0.05, 0) is 79.1 Å². The topological polar surface area (TPSA) is 179 Å². The van der Waals surface area contributed by atoms with E-state index in [1.165, 1.54) is 35.6 Å². The van der Waals surface area contributed by atoms with Crippen LogP contribution in [0.3, 0.4) is 0 Å². The number of amides is 1. The smallest absolute Gasteiger partial charge is 0.372 e. The van der Waals surface area contributed by atoms with Crippen molar-refractivity contribution in [1.29, 1.82) is 0 Å². The Morgan fingerprint density at radius 2 is 1.59 bits per heavy atom. The largest absolute Gasteiger partial charge is 0.475 e. The number of anilines is 1. The first-order valence-electron chi connectivity index (χ1n) is 17.5. The van der Waals surface area contributed by atoms with Crippen molar-refractivity contribution in [3.05, 3.63) is 88.7 Å². The van der Waals surface area contributed by atoms with Gasteiger partial charge < -0.3 is 29.1 Å². The number of carbonyl (C=O) groups excluding carboxylic acids is 3. The minimum absolute atomic E-state index is 0.0402. The molecule has 0 saturated heterocycles. The number of rotatable bonds is 22. The molecule has 0 radical (unpaired) electrons. The van der Waals surface area contributed by atoms with Crippen molar-refractivity contribution in [3.63, 3.8) is 0 Å². The summed E-state index contributed by atoms with van der Waals surface area (Å²) in [5, 5.41) is 11.9. The van der Waals surface area contributed by atoms with Crippen LogP contribution in [-0.2, 0) is 40.2 Å². The quantitative estimate of drug-likeness (QED) is 0.0468. The molecule has 0 atom stereocenters. The van der Waals surface area contributed by atoms with Crippen LogP contribution in [0.4, 0.5) is 10.1 Å². The predicted molar refractivity (Wildman–Crippen MR) is 198 cm³/mol. The van der Waals surface area contributed by atoms with Crippen LogP contribution in [0.15, 0.2) is 65.1 Å². The first-order valence-corrected chi connectivity index (χ1v) is 19.4. The summed E-state index contributed by atoms with van der Waals surface area (Å²) in [5.74, 6) is -3.74. The van der Waals surface area contributed by atoms with E-state index in [4.69, 9.17) is 23.7 Å². The van der Waals surface area contributed by atoms with Gasteiger partial charge in [-0.2, -0.15) is 0 Å². The number of sulfonamides is 1. The minimum atomic E-state index is -3.74. The van der Waals surface area contributed by atoms with Crippen LogP contribution in [0.5, 0.6) is 0 Å². The van der Waals surface area contributed by atoms with E-state index >= 15 is 0 Å². The lowest BCUT2D eigenvalue weighted by Crippen LogP contribution is -2.34. The number of benzene rings is 3. The van der Waals surface area contributed by atoms with E-state index in [1.807, 2.05) is 12.1 Å². The number of carboxylic acids is 1. The molecule has 5 rings (SSSR count). The lowest BCUT2D eigenvalue weighted by molar-refractivity contribution is -0.148. The van der Waals surface area contributed by atoms with Crippen molar-refractivity contribution in [1.82, 2.24) is 5.32 Å². The third-order valence-electron chi connectivity index (χ3n) is 8.83. The standard InChI is InChI=1S/C39H43FN2O11S/c1-41-38(45)36-31-22-30(26-8-9-26)32(23-35(31)53-37(36)27-10-12-29(40)13-11-27)42(54(2,48)49)14-16-51-18-20-52-19-17-50-15-4-6-25-5-3-7-28(21-25)33(43)24-34(44)39(46)47/h3,5,7,10-13,21-23,26H,4,6,8-9,14-20,24H2,1-2H3,(H,41,45)(H,46,47). The zero-order valence-electron chi connectivity index (χ0n) is 30.1. The van der Waals surface area contributed by atoms with Gasteiger partial charge in [-0.1, -0.05) is 18.2 Å². The number of aryl methyl sites for hydroxylation is 1. The van der Waals surface area contributed by atoms with Crippen LogP contribution in [0, 0.1) is 5.82 Å². The minimum Gasteiger partial charge on any atom is -0.475 e. The van der Waals surface area contributed by atoms with Crippen molar-refractivity contribution in [2.75, 3.05) is 63.8 Å². The summed E-state index contributed by atoms with van der Waals surface area (Å²) in [4.78, 5) is 47.3. The third-order valence-corrected chi connectivity index (χ3v) is 10.0. The summed E-state index contributed by atoms with van der Waals surface area (Å²) in [6.45, 7) is 1.76. The average molecular weight is 767 g/mol. The highest BCUT2D eigenvalue weighted by atomic mass is 32.2. The molecule has 1 aliphatic rings. The molecule has 0 unspecified atom stereocenters. The number of halogens is 1. The molecule has 4 aromatic rings. The Kier molecular flexibility index (Phi) is 13.7. The number of hydrogen-bond acceptors (Lipinski definition) is 10. The first-order chi connectivity index (χ1) is 25.9. The van der Waals surface area contributed by atoms with Crippen molar-refractivity contribution < 1.29 is 55.7 Å². The van der Waals surface area contributed by atoms with Gasteiger partial charge in [-0.15, -0.1) is 0 Å². The number of Topliss-reactive ketones (excluding diaryl/α,β-unsaturated/α-hetero) is 2. The fraction of sp³-hybridized carbons (Fsp3) is 0.385. The Bertz CT molecular complexity index is 2090. The molecule has 0 spiro atoms. The van der Waals surface area contributed by atoms with Crippen molar-refractivity contribution in [3.8, 4) is 11.3 Å². The van der Waals surface area contributed by atoms with Gasteiger partial charge in [-0.3, -0.25) is 18.7 Å². The molecular weight excluding hydrogens is 723 g/mol. The Labute approximate surface area is 312 Å². The highest BCUT2D eigenvalue weighted by molar-refractivity contribution is 7.92. The monoisotopic (exact) mass is 766 g/mol. The molecule has 1 fully saturated rings. The maximum absolute atomic E-state index is 13.7. The molecule has 1 aromatic heterocycles. The van der Waals surface area contributed by atoms with E-state index in [0.29, 0.717) is 60.4 Å². The highest BCUT2D eigenvalue weighted by Crippen LogP contribution is 2.48. The molecule has 15 heteroatoms. The lowest BCUT2D eigenvalue weighted by Gasteiger charge is -2.25. The molecule has 1 heterocycles. The number of furan rings is 1. The Balaban J connectivity index is 1.09. The summed E-state index contributed by atoms with van der Waals surface area (Å²) in [5.41, 5.74) is 3.53. The number of carbonyl (C=O) groups is 4. The molecule has 0 aliphatic heterocycles. The molecular formula is C39H43FN2O11S. The van der Waals surface area contributed by atoms with Gasteiger partial charge in [0.2, 0.25) is 15.8 Å². The Morgan fingerprint density at radius 1 is 0.926 bits per heavy atom. The van der Waals surface area contributed by atoms with Crippen molar-refractivity contribution in [2.45, 2.75) is 38.0 Å². The number of nitrogens with one attached hydrogen (secondary N) is 1. The lowest BCUT2D eigenvalue weighted by atomic mass is 10.0. The maximum atomic E-state index is 13.7. The third kappa shape index (κ3) is 10.6. The maximum Gasteiger partial charge on any atom is 0.372 e. The molecule has 1 saturated carbocycles. The number of hydrogen-bond donors (Lipinski definition) is 2. The van der Waals surface area contributed by atoms with Crippen LogP contribution in [0.25, 0.3) is 22.3 Å². The molecule has 2 N–H and O–H groups in total. The normalized spacial score (nSPS) is 12.9. The van der Waals surface area contributed by atoms with Crippen LogP contribution in [-0.4, -0.2) is 96.5 Å². The molecule has 0 bridgehead atoms. The summed E-state index contributed by atoms with van der Waals surface area (Å²) >= 11 is 0. The Hall–Kier alpha value is -4.96. The van der Waals surface area contributed by atoms with Gasteiger partial charge in [0.1, 0.15) is 17.2 Å². The molecule has 3 aromatic carbocycles. The number of ketones is 2. The fourth-order valence-electron chi connectivity index (χ4n) is 6.00. The summed E-state index contributed by atoms with van der Waals surface area (Å²) in [6.07, 6.45) is 3.50. The van der Waals surface area contributed by atoms with Crippen LogP contribution >= 0.6 is 0 Å². The van der Waals surface area contributed by atoms with Crippen LogP contribution < -0.4 is 9.62 Å². The van der Waals surface area contributed by atoms with E-state index < -0.39 is 39.8 Å². The number of ether oxygens (including phenoxy) is 3. The summed E-state index contributed by atoms with van der Waals surface area (Å²) in [7, 11) is -2.23. The molecule has 1 amide bonds. The van der Waals surface area contributed by atoms with E-state index in [9.17, 15) is 32.0 Å². The van der Waals surface area contributed by atoms with Gasteiger partial charge >= 0.3 is 5.97 Å². The van der Waals surface area contributed by atoms with E-state index in [-0.39, 0.29) is 49.5 Å². The average Bonchev–Trinajstić information content (AvgIpc) is 3.92. The molecule has 13 nitrogen and oxygen atoms in total. The predicted octanol–water partition coefficient (Wildman–Crippen LogP) is 5.15. The second-order valence-corrected chi connectivity index (χ2v) is 14.8. The fourth-order valence-corrected chi connectivity index (χ4v) is 6.92. The first kappa shape index (κ1) is 40.2. The zero-order chi connectivity index (χ0) is 38.8. The van der Waals surface area contributed by atoms with Gasteiger partial charge in [0, 0.05) is 36.2 Å². The second kappa shape index (κ2) is 18.4. The van der Waals surface area contributed by atoms with E-state index in [1.54, 1.807) is 24.3 Å². The van der Waals surface area contributed by atoms with Gasteiger partial charge in [0.15, 0.2) is 5.78 Å². The second-order valence-electron chi connectivity index (χ2n) is 12.9. The molecule has 1 aliphatic carbocycles. The van der Waals surface area contributed by atoms with Crippen LogP contribution in [0.1, 0.15) is 63.4 Å². The van der Waals surface area contributed by atoms with Gasteiger partial charge in [0.05, 0.1) is 63.5 Å².